The number of hydrogen-bond acceptors (Lipinski definition) is 4. The first kappa shape index (κ1) is 41.8. The standard InChI is InChI=1S/C55H53F3N4O/c1-52(2,3)37-24-25-59-51(31-37)62-47-23-20-36(35-14-12-15-38(26-35)55(56,57)58)27-46(47)45-22-21-44(33-50(45)62)63-43-17-13-16-41(32-43)60-34-61(49-19-11-10-18-48(49)60)42-29-39(53(4,5)6)28-40(30-42)54(7,8)9/h10-33H,34H2,1-9H3. The molecule has 2 aromatic heterocycles. The Kier molecular flexibility index (Phi) is 10.0. The Bertz CT molecular complexity index is 3000. The quantitative estimate of drug-likeness (QED) is 0.167. The lowest BCUT2D eigenvalue weighted by Crippen LogP contribution is -2.25. The van der Waals surface area contributed by atoms with Gasteiger partial charge in [0.15, 0.2) is 0 Å². The Labute approximate surface area is 368 Å². The molecule has 8 heteroatoms. The van der Waals surface area contributed by atoms with E-state index >= 15 is 0 Å². The van der Waals surface area contributed by atoms with E-state index in [0.717, 1.165) is 56.3 Å². The van der Waals surface area contributed by atoms with Crippen LogP contribution in [0.5, 0.6) is 11.5 Å². The summed E-state index contributed by atoms with van der Waals surface area (Å²) in [7, 11) is 0. The van der Waals surface area contributed by atoms with Gasteiger partial charge in [0.05, 0.1) is 28.0 Å². The lowest BCUT2D eigenvalue weighted by Gasteiger charge is -2.29. The Morgan fingerprint density at radius 1 is 0.476 bits per heavy atom. The summed E-state index contributed by atoms with van der Waals surface area (Å²) in [5.41, 5.74) is 10.3. The predicted octanol–water partition coefficient (Wildman–Crippen LogP) is 15.8. The number of hydrogen-bond donors (Lipinski definition) is 0. The molecule has 0 saturated heterocycles. The van der Waals surface area contributed by atoms with Crippen molar-refractivity contribution in [1.29, 1.82) is 0 Å². The van der Waals surface area contributed by atoms with Gasteiger partial charge in [-0.2, -0.15) is 13.2 Å². The Morgan fingerprint density at radius 3 is 1.78 bits per heavy atom. The SMILES string of the molecule is CC(C)(C)c1cc(N2CN(c3cccc(Oc4ccc5c6cc(-c7cccc(C(F)(F)F)c7)ccc6n(-c6cc(C(C)(C)C)ccn6)c5c4)c3)c3ccccc32)cc(C(C)(C)C)c1. The fraction of sp³-hybridized carbons (Fsp3) is 0.255. The molecule has 0 spiro atoms. The lowest BCUT2D eigenvalue weighted by molar-refractivity contribution is -0.137. The molecule has 63 heavy (non-hydrogen) atoms. The summed E-state index contributed by atoms with van der Waals surface area (Å²) in [6.45, 7) is 20.8. The molecular formula is C55H53F3N4O. The molecule has 0 radical (unpaired) electrons. The molecule has 6 aromatic carbocycles. The molecule has 8 aromatic rings. The number of ether oxygens (including phenoxy) is 1. The molecule has 0 fully saturated rings. The third-order valence-corrected chi connectivity index (χ3v) is 12.2. The van der Waals surface area contributed by atoms with Crippen molar-refractivity contribution < 1.29 is 17.9 Å². The van der Waals surface area contributed by atoms with E-state index in [9.17, 15) is 13.2 Å². The average molecular weight is 843 g/mol. The molecule has 9 rings (SSSR count). The third-order valence-electron chi connectivity index (χ3n) is 12.2. The highest BCUT2D eigenvalue weighted by molar-refractivity contribution is 6.10. The summed E-state index contributed by atoms with van der Waals surface area (Å²) < 4.78 is 50.1. The van der Waals surface area contributed by atoms with Gasteiger partial charge in [-0.3, -0.25) is 4.57 Å². The van der Waals surface area contributed by atoms with Crippen molar-refractivity contribution in [1.82, 2.24) is 9.55 Å². The number of aromatic nitrogens is 2. The Hall–Kier alpha value is -6.54. The molecule has 0 N–H and O–H groups in total. The summed E-state index contributed by atoms with van der Waals surface area (Å²) in [6.07, 6.45) is -2.61. The van der Waals surface area contributed by atoms with Gasteiger partial charge in [-0.15, -0.1) is 0 Å². The van der Waals surface area contributed by atoms with Crippen molar-refractivity contribution in [2.75, 3.05) is 16.5 Å². The number of anilines is 4. The van der Waals surface area contributed by atoms with Gasteiger partial charge in [0.2, 0.25) is 0 Å². The second-order valence-electron chi connectivity index (χ2n) is 19.8. The van der Waals surface area contributed by atoms with Crippen LogP contribution >= 0.6 is 0 Å². The number of alkyl halides is 3. The van der Waals surface area contributed by atoms with Crippen LogP contribution in [0.1, 0.15) is 84.6 Å². The number of halogens is 3. The first-order valence-corrected chi connectivity index (χ1v) is 21.5. The van der Waals surface area contributed by atoms with Crippen LogP contribution in [0.25, 0.3) is 38.8 Å². The van der Waals surface area contributed by atoms with Crippen molar-refractivity contribution in [2.24, 2.45) is 0 Å². The molecule has 1 aliphatic heterocycles. The van der Waals surface area contributed by atoms with Gasteiger partial charge in [0, 0.05) is 40.5 Å². The number of rotatable bonds is 6. The fourth-order valence-electron chi connectivity index (χ4n) is 8.51. The van der Waals surface area contributed by atoms with E-state index in [-0.39, 0.29) is 16.2 Å². The highest BCUT2D eigenvalue weighted by Crippen LogP contribution is 2.47. The van der Waals surface area contributed by atoms with E-state index in [1.54, 1.807) is 6.07 Å². The molecule has 1 aliphatic rings. The second kappa shape index (κ2) is 15.1. The largest absolute Gasteiger partial charge is 0.457 e. The molecular weight excluding hydrogens is 790 g/mol. The minimum Gasteiger partial charge on any atom is -0.457 e. The smallest absolute Gasteiger partial charge is 0.416 e. The highest BCUT2D eigenvalue weighted by atomic mass is 19.4. The monoisotopic (exact) mass is 842 g/mol. The number of pyridine rings is 1. The van der Waals surface area contributed by atoms with Gasteiger partial charge >= 0.3 is 6.18 Å². The van der Waals surface area contributed by atoms with Crippen LogP contribution in [0.15, 0.2) is 146 Å². The van der Waals surface area contributed by atoms with Crippen LogP contribution < -0.4 is 14.5 Å². The zero-order valence-electron chi connectivity index (χ0n) is 37.4. The summed E-state index contributed by atoms with van der Waals surface area (Å²) in [5, 5.41) is 1.83. The molecule has 320 valence electrons. The van der Waals surface area contributed by atoms with Crippen LogP contribution in [-0.2, 0) is 22.4 Å². The van der Waals surface area contributed by atoms with E-state index in [1.165, 1.54) is 28.9 Å². The maximum Gasteiger partial charge on any atom is 0.416 e. The van der Waals surface area contributed by atoms with Gasteiger partial charge in [-0.05, 0) is 129 Å². The molecule has 0 bridgehead atoms. The number of para-hydroxylation sites is 2. The molecule has 3 heterocycles. The zero-order chi connectivity index (χ0) is 44.6. The van der Waals surface area contributed by atoms with E-state index in [1.807, 2.05) is 60.8 Å². The van der Waals surface area contributed by atoms with Crippen molar-refractivity contribution >= 4 is 44.6 Å². The normalized spacial score (nSPS) is 13.6. The topological polar surface area (TPSA) is 33.5 Å². The predicted molar refractivity (Wildman–Crippen MR) is 254 cm³/mol. The average Bonchev–Trinajstić information content (AvgIpc) is 3.78. The van der Waals surface area contributed by atoms with Gasteiger partial charge in [-0.25, -0.2) is 4.98 Å². The second-order valence-corrected chi connectivity index (χ2v) is 19.8. The highest BCUT2D eigenvalue weighted by Gasteiger charge is 2.32. The van der Waals surface area contributed by atoms with E-state index in [0.29, 0.717) is 29.3 Å². The van der Waals surface area contributed by atoms with Crippen molar-refractivity contribution in [3.8, 4) is 28.4 Å². The Morgan fingerprint density at radius 2 is 1.11 bits per heavy atom. The molecule has 0 unspecified atom stereocenters. The third kappa shape index (κ3) is 8.03. The minimum absolute atomic E-state index is 0.0137. The lowest BCUT2D eigenvalue weighted by atomic mass is 9.80. The van der Waals surface area contributed by atoms with Gasteiger partial charge < -0.3 is 14.5 Å². The van der Waals surface area contributed by atoms with Crippen LogP contribution in [-0.4, -0.2) is 16.2 Å². The van der Waals surface area contributed by atoms with Gasteiger partial charge in [0.25, 0.3) is 0 Å². The first-order chi connectivity index (χ1) is 29.7. The summed E-state index contributed by atoms with van der Waals surface area (Å²) >= 11 is 0. The first-order valence-electron chi connectivity index (χ1n) is 21.5. The number of nitrogens with zero attached hydrogens (tertiary/aromatic N) is 4. The van der Waals surface area contributed by atoms with Crippen LogP contribution in [0.4, 0.5) is 35.9 Å². The van der Waals surface area contributed by atoms with Crippen LogP contribution in [0, 0.1) is 0 Å². The molecule has 5 nitrogen and oxygen atoms in total. The Balaban J connectivity index is 1.10. The molecule has 0 saturated carbocycles. The molecule has 0 atom stereocenters. The van der Waals surface area contributed by atoms with E-state index in [2.05, 4.69) is 137 Å². The zero-order valence-corrected chi connectivity index (χ0v) is 37.4. The minimum atomic E-state index is -4.44. The van der Waals surface area contributed by atoms with Gasteiger partial charge in [0.1, 0.15) is 24.0 Å². The maximum atomic E-state index is 13.7. The molecule has 0 amide bonds. The number of fused-ring (bicyclic) bond motifs is 4. The van der Waals surface area contributed by atoms with E-state index in [4.69, 9.17) is 9.72 Å². The summed E-state index contributed by atoms with van der Waals surface area (Å²) in [4.78, 5) is 9.59. The molecule has 0 aliphatic carbocycles. The van der Waals surface area contributed by atoms with Crippen LogP contribution in [0.3, 0.4) is 0 Å². The summed E-state index contributed by atoms with van der Waals surface area (Å²) in [6, 6.07) is 45.3. The van der Waals surface area contributed by atoms with E-state index < -0.39 is 11.7 Å². The summed E-state index contributed by atoms with van der Waals surface area (Å²) in [5.74, 6) is 2.08. The van der Waals surface area contributed by atoms with Crippen LogP contribution in [0.2, 0.25) is 0 Å². The number of benzene rings is 6. The maximum absolute atomic E-state index is 13.7. The van der Waals surface area contributed by atoms with Crippen molar-refractivity contribution in [3.63, 3.8) is 0 Å². The van der Waals surface area contributed by atoms with Gasteiger partial charge in [-0.1, -0.05) is 105 Å². The fourth-order valence-corrected chi connectivity index (χ4v) is 8.51. The van der Waals surface area contributed by atoms with Crippen molar-refractivity contribution in [3.05, 3.63) is 168 Å². The van der Waals surface area contributed by atoms with Crippen molar-refractivity contribution in [2.45, 2.75) is 84.7 Å².